The molecule has 1 amide bonds. The number of para-hydroxylation sites is 1. The largest absolute Gasteiger partial charge is 0.493 e. The number of rotatable bonds is 9. The molecule has 0 aliphatic carbocycles. The van der Waals surface area contributed by atoms with Crippen molar-refractivity contribution in [3.63, 3.8) is 0 Å². The first-order valence-corrected chi connectivity index (χ1v) is 11.5. The first-order valence-electron chi connectivity index (χ1n) is 11.5. The van der Waals surface area contributed by atoms with Crippen molar-refractivity contribution in [1.82, 2.24) is 10.1 Å². The number of aromatic nitrogens is 2. The van der Waals surface area contributed by atoms with Crippen LogP contribution in [0.3, 0.4) is 0 Å². The second kappa shape index (κ2) is 10.2. The summed E-state index contributed by atoms with van der Waals surface area (Å²) in [5, 5.41) is 13.0. The van der Waals surface area contributed by atoms with Gasteiger partial charge in [0.15, 0.2) is 0 Å². The zero-order chi connectivity index (χ0) is 25.1. The molecule has 182 valence electrons. The monoisotopic (exact) mass is 477 g/mol. The van der Waals surface area contributed by atoms with Crippen LogP contribution in [-0.4, -0.2) is 45.9 Å². The summed E-state index contributed by atoms with van der Waals surface area (Å²) in [6, 6.07) is 13.0. The van der Waals surface area contributed by atoms with Gasteiger partial charge in [-0.25, -0.2) is 0 Å². The van der Waals surface area contributed by atoms with Gasteiger partial charge in [-0.15, -0.1) is 0 Å². The smallest absolute Gasteiger partial charge is 0.295 e. The average molecular weight is 478 g/mol. The number of hydrogen-bond acceptors (Lipinski definition) is 8. The molecule has 1 saturated heterocycles. The molecule has 2 heterocycles. The van der Waals surface area contributed by atoms with Crippen molar-refractivity contribution in [3.05, 3.63) is 60.0 Å². The summed E-state index contributed by atoms with van der Waals surface area (Å²) in [6.07, 6.45) is 0.423. The summed E-state index contributed by atoms with van der Waals surface area (Å²) < 4.78 is 10.9. The van der Waals surface area contributed by atoms with E-state index in [0.29, 0.717) is 40.7 Å². The fraction of sp³-hybridized carbons (Fsp3) is 0.346. The van der Waals surface area contributed by atoms with Gasteiger partial charge in [0.1, 0.15) is 17.5 Å². The molecule has 9 nitrogen and oxygen atoms in total. The third kappa shape index (κ3) is 4.72. The van der Waals surface area contributed by atoms with Crippen LogP contribution in [-0.2, 0) is 14.4 Å². The number of aliphatic hydroxyl groups is 1. The number of carbonyl (C=O) groups excluding carboxylic acids is 3. The lowest BCUT2D eigenvalue weighted by molar-refractivity contribution is -0.139. The molecule has 35 heavy (non-hydrogen) atoms. The lowest BCUT2D eigenvalue weighted by atomic mass is 9.84. The van der Waals surface area contributed by atoms with Crippen LogP contribution in [0.1, 0.15) is 37.8 Å². The van der Waals surface area contributed by atoms with Crippen molar-refractivity contribution in [3.8, 4) is 17.1 Å². The fourth-order valence-corrected chi connectivity index (χ4v) is 4.20. The van der Waals surface area contributed by atoms with E-state index in [1.54, 1.807) is 69.3 Å². The van der Waals surface area contributed by atoms with E-state index in [-0.39, 0.29) is 19.0 Å². The zero-order valence-corrected chi connectivity index (χ0v) is 19.8. The van der Waals surface area contributed by atoms with Crippen molar-refractivity contribution in [1.29, 1.82) is 0 Å². The number of nitrogens with zero attached hydrogens (tertiary/aromatic N) is 3. The van der Waals surface area contributed by atoms with Gasteiger partial charge in [-0.1, -0.05) is 37.2 Å². The van der Waals surface area contributed by atoms with Gasteiger partial charge in [0, 0.05) is 42.7 Å². The maximum absolute atomic E-state index is 13.3. The second-order valence-electron chi connectivity index (χ2n) is 8.67. The van der Waals surface area contributed by atoms with Crippen molar-refractivity contribution in [2.45, 2.75) is 33.2 Å². The summed E-state index contributed by atoms with van der Waals surface area (Å²) >= 11 is 0. The molecule has 9 heteroatoms. The number of Topliss-reactive ketones (excluding diaryl/α,β-unsaturated/α-hetero) is 2. The average Bonchev–Trinajstić information content (AvgIpc) is 3.40. The number of hydrogen-bond donors (Lipinski definition) is 1. The quantitative estimate of drug-likeness (QED) is 0.283. The molecule has 1 N–H and O–H groups in total. The molecule has 4 rings (SSSR count). The molecule has 2 atom stereocenters. The lowest BCUT2D eigenvalue weighted by Gasteiger charge is -2.29. The highest BCUT2D eigenvalue weighted by Crippen LogP contribution is 2.44. The summed E-state index contributed by atoms with van der Waals surface area (Å²) in [4.78, 5) is 45.2. The van der Waals surface area contributed by atoms with Gasteiger partial charge in [-0.2, -0.15) is 4.98 Å². The Hall–Kier alpha value is -3.85. The minimum atomic E-state index is -1.16. The molecular formula is C26H27N3O6. The fourth-order valence-electron chi connectivity index (χ4n) is 4.20. The van der Waals surface area contributed by atoms with E-state index in [4.69, 9.17) is 14.4 Å². The molecule has 2 unspecified atom stereocenters. The molecule has 0 radical (unpaired) electrons. The maximum Gasteiger partial charge on any atom is 0.295 e. The molecular weight excluding hydrogens is 450 g/mol. The van der Waals surface area contributed by atoms with Crippen LogP contribution >= 0.6 is 0 Å². The number of amides is 1. The summed E-state index contributed by atoms with van der Waals surface area (Å²) in [5.41, 5.74) is 1.70. The highest BCUT2D eigenvalue weighted by Gasteiger charge is 2.53. The van der Waals surface area contributed by atoms with E-state index >= 15 is 0 Å². The Bertz CT molecular complexity index is 1230. The summed E-state index contributed by atoms with van der Waals surface area (Å²) in [7, 11) is 0. The van der Waals surface area contributed by atoms with Gasteiger partial charge in [0.2, 0.25) is 17.5 Å². The normalized spacial score (nSPS) is 17.9. The van der Waals surface area contributed by atoms with Gasteiger partial charge in [0.05, 0.1) is 12.6 Å². The second-order valence-corrected chi connectivity index (χ2v) is 8.67. The first kappa shape index (κ1) is 24.3. The SMILES string of the molecule is Cc1nc(-c2ccc(N3C(=O)C(=O)C(C(=O)C(C)C)C3c3ccccc3OCCCO)cc2)no1. The summed E-state index contributed by atoms with van der Waals surface area (Å²) in [5.74, 6) is -2.10. The topological polar surface area (TPSA) is 123 Å². The molecule has 1 fully saturated rings. The molecule has 1 aromatic heterocycles. The van der Waals surface area contributed by atoms with Crippen molar-refractivity contribution in [2.24, 2.45) is 11.8 Å². The van der Waals surface area contributed by atoms with E-state index in [9.17, 15) is 14.4 Å². The zero-order valence-electron chi connectivity index (χ0n) is 19.8. The van der Waals surface area contributed by atoms with E-state index in [0.717, 1.165) is 0 Å². The Morgan fingerprint density at radius 2 is 1.86 bits per heavy atom. The van der Waals surface area contributed by atoms with E-state index in [1.165, 1.54) is 4.90 Å². The van der Waals surface area contributed by atoms with Crippen molar-refractivity contribution in [2.75, 3.05) is 18.1 Å². The number of aliphatic hydroxyl groups excluding tert-OH is 1. The third-order valence-electron chi connectivity index (χ3n) is 5.91. The van der Waals surface area contributed by atoms with Crippen LogP contribution in [0.4, 0.5) is 5.69 Å². The van der Waals surface area contributed by atoms with Gasteiger partial charge in [-0.3, -0.25) is 19.3 Å². The van der Waals surface area contributed by atoms with Crippen LogP contribution in [0.2, 0.25) is 0 Å². The van der Waals surface area contributed by atoms with E-state index in [2.05, 4.69) is 10.1 Å². The molecule has 2 aromatic carbocycles. The van der Waals surface area contributed by atoms with Crippen LogP contribution in [0.15, 0.2) is 53.1 Å². The first-order chi connectivity index (χ1) is 16.8. The van der Waals surface area contributed by atoms with Crippen LogP contribution < -0.4 is 9.64 Å². The van der Waals surface area contributed by atoms with Crippen LogP contribution in [0, 0.1) is 18.8 Å². The Kier molecular flexibility index (Phi) is 7.07. The molecule has 1 aliphatic heterocycles. The van der Waals surface area contributed by atoms with Gasteiger partial charge >= 0.3 is 0 Å². The molecule has 0 saturated carbocycles. The molecule has 0 bridgehead atoms. The number of carbonyl (C=O) groups is 3. The van der Waals surface area contributed by atoms with Crippen LogP contribution in [0.25, 0.3) is 11.4 Å². The highest BCUT2D eigenvalue weighted by molar-refractivity contribution is 6.48. The Morgan fingerprint density at radius 1 is 1.14 bits per heavy atom. The van der Waals surface area contributed by atoms with E-state index < -0.39 is 29.6 Å². The number of ketones is 2. The standard InChI is InChI=1S/C26H27N3O6/c1-15(2)23(31)21-22(19-7-4-5-8-20(19)34-14-6-13-30)29(26(33)24(21)32)18-11-9-17(10-12-18)25-27-16(3)35-28-25/h4-5,7-12,15,21-22,30H,6,13-14H2,1-3H3. The predicted octanol–water partition coefficient (Wildman–Crippen LogP) is 3.30. The minimum absolute atomic E-state index is 0.0323. The lowest BCUT2D eigenvalue weighted by Crippen LogP contribution is -2.32. The molecule has 1 aliphatic rings. The van der Waals surface area contributed by atoms with E-state index in [1.807, 2.05) is 0 Å². The minimum Gasteiger partial charge on any atom is -0.493 e. The van der Waals surface area contributed by atoms with Crippen LogP contribution in [0.5, 0.6) is 5.75 Å². The number of aryl methyl sites for hydroxylation is 1. The number of anilines is 1. The molecule has 0 spiro atoms. The van der Waals surface area contributed by atoms with Gasteiger partial charge < -0.3 is 14.4 Å². The third-order valence-corrected chi connectivity index (χ3v) is 5.91. The Labute approximate surface area is 202 Å². The molecule has 3 aromatic rings. The van der Waals surface area contributed by atoms with Crippen molar-refractivity contribution >= 4 is 23.2 Å². The summed E-state index contributed by atoms with van der Waals surface area (Å²) in [6.45, 7) is 5.34. The highest BCUT2D eigenvalue weighted by atomic mass is 16.5. The number of ether oxygens (including phenoxy) is 1. The number of benzene rings is 2. The Balaban J connectivity index is 1.79. The van der Waals surface area contributed by atoms with Crippen molar-refractivity contribution < 1.29 is 28.8 Å². The predicted molar refractivity (Wildman–Crippen MR) is 127 cm³/mol. The van der Waals surface area contributed by atoms with Gasteiger partial charge in [0.25, 0.3) is 5.91 Å². The maximum atomic E-state index is 13.3. The van der Waals surface area contributed by atoms with Gasteiger partial charge in [-0.05, 0) is 30.3 Å². The Morgan fingerprint density at radius 3 is 2.49 bits per heavy atom.